The molecule has 2 aromatic rings. The molecule has 0 radical (unpaired) electrons. The largest absolute Gasteiger partial charge is 0.351 e. The van der Waals surface area contributed by atoms with Gasteiger partial charge in [-0.1, -0.05) is 13.8 Å². The Kier molecular flexibility index (Phi) is 8.82. The number of carbonyl (C=O) groups is 1. The van der Waals surface area contributed by atoms with E-state index in [1.165, 1.54) is 0 Å². The molecule has 7 nitrogen and oxygen atoms in total. The van der Waals surface area contributed by atoms with Crippen LogP contribution in [0.5, 0.6) is 0 Å². The van der Waals surface area contributed by atoms with Gasteiger partial charge < -0.3 is 11.1 Å². The van der Waals surface area contributed by atoms with Gasteiger partial charge in [0.15, 0.2) is 5.65 Å². The summed E-state index contributed by atoms with van der Waals surface area (Å²) >= 11 is 0. The number of amides is 1. The maximum atomic E-state index is 12.6. The topological polar surface area (TPSA) is 106 Å². The number of nitrogens with zero attached hydrogens (tertiary/aromatic N) is 2. The van der Waals surface area contributed by atoms with Gasteiger partial charge in [-0.15, -0.1) is 24.8 Å². The SMILES string of the molecule is CCC(CC)(CN)C(=O)NCc1c(C)nc2c(c1C)c(=O)[nH]n2C.Cl.Cl. The molecule has 0 aliphatic carbocycles. The summed E-state index contributed by atoms with van der Waals surface area (Å²) in [4.78, 5) is 29.2. The Bertz CT molecular complexity index is 816. The van der Waals surface area contributed by atoms with E-state index in [4.69, 9.17) is 5.73 Å². The molecule has 9 heteroatoms. The van der Waals surface area contributed by atoms with Crippen LogP contribution < -0.4 is 16.6 Å². The Hall–Kier alpha value is -1.57. The molecule has 0 atom stereocenters. The first-order valence-electron chi connectivity index (χ1n) is 8.34. The van der Waals surface area contributed by atoms with Crippen LogP contribution >= 0.6 is 24.8 Å². The summed E-state index contributed by atoms with van der Waals surface area (Å²) in [6.07, 6.45) is 1.39. The van der Waals surface area contributed by atoms with Crippen molar-refractivity contribution in [3.05, 3.63) is 27.2 Å². The monoisotopic (exact) mass is 405 g/mol. The van der Waals surface area contributed by atoms with E-state index in [0.717, 1.165) is 16.8 Å². The van der Waals surface area contributed by atoms with E-state index in [-0.39, 0.29) is 36.3 Å². The number of aromatic nitrogens is 3. The molecule has 0 spiro atoms. The number of halogens is 2. The fourth-order valence-corrected chi connectivity index (χ4v) is 3.22. The summed E-state index contributed by atoms with van der Waals surface area (Å²) in [6, 6.07) is 0. The highest BCUT2D eigenvalue weighted by atomic mass is 35.5. The minimum atomic E-state index is -0.538. The van der Waals surface area contributed by atoms with Gasteiger partial charge in [0.25, 0.3) is 5.56 Å². The smallest absolute Gasteiger partial charge is 0.273 e. The number of fused-ring (bicyclic) bond motifs is 1. The molecule has 0 aliphatic heterocycles. The van der Waals surface area contributed by atoms with Crippen LogP contribution in [0.25, 0.3) is 11.0 Å². The van der Waals surface area contributed by atoms with E-state index in [9.17, 15) is 9.59 Å². The molecule has 0 aliphatic rings. The van der Waals surface area contributed by atoms with Crippen molar-refractivity contribution in [3.8, 4) is 0 Å². The Morgan fingerprint density at radius 2 is 1.85 bits per heavy atom. The maximum absolute atomic E-state index is 12.6. The molecule has 0 fully saturated rings. The van der Waals surface area contributed by atoms with Gasteiger partial charge in [-0.3, -0.25) is 19.4 Å². The van der Waals surface area contributed by atoms with Crippen LogP contribution in [-0.4, -0.2) is 27.2 Å². The predicted octanol–water partition coefficient (Wildman–Crippen LogP) is 2.10. The number of carbonyl (C=O) groups excluding carboxylic acids is 1. The van der Waals surface area contributed by atoms with Crippen molar-refractivity contribution in [1.29, 1.82) is 0 Å². The zero-order valence-electron chi connectivity index (χ0n) is 15.9. The van der Waals surface area contributed by atoms with Crippen LogP contribution in [0, 0.1) is 19.3 Å². The van der Waals surface area contributed by atoms with Gasteiger partial charge in [0.05, 0.1) is 10.8 Å². The number of pyridine rings is 1. The lowest BCUT2D eigenvalue weighted by Gasteiger charge is -2.28. The van der Waals surface area contributed by atoms with Crippen LogP contribution in [0.3, 0.4) is 0 Å². The number of aryl methyl sites for hydroxylation is 3. The van der Waals surface area contributed by atoms with Crippen molar-refractivity contribution in [2.75, 3.05) is 6.54 Å². The van der Waals surface area contributed by atoms with Crippen molar-refractivity contribution < 1.29 is 4.79 Å². The van der Waals surface area contributed by atoms with E-state index in [2.05, 4.69) is 15.4 Å². The van der Waals surface area contributed by atoms with Gasteiger partial charge >= 0.3 is 0 Å². The minimum absolute atomic E-state index is 0. The number of rotatable bonds is 6. The highest BCUT2D eigenvalue weighted by molar-refractivity contribution is 5.86. The molecule has 1 amide bonds. The molecule has 2 aromatic heterocycles. The van der Waals surface area contributed by atoms with E-state index in [0.29, 0.717) is 37.0 Å². The molecule has 4 N–H and O–H groups in total. The number of aromatic amines is 1. The second-order valence-electron chi connectivity index (χ2n) is 6.37. The molecule has 2 rings (SSSR count). The standard InChI is InChI=1S/C17H27N5O2.2ClH/c1-6-17(7-2,9-18)16(24)19-8-12-10(3)13-14(20-11(12)4)22(5)21-15(13)23;;/h6-9,18H2,1-5H3,(H,19,24)(H,21,23);2*1H. The zero-order valence-corrected chi connectivity index (χ0v) is 17.6. The van der Waals surface area contributed by atoms with Gasteiger partial charge in [-0.05, 0) is 37.8 Å². The second kappa shape index (κ2) is 9.39. The van der Waals surface area contributed by atoms with Gasteiger partial charge in [0, 0.05) is 25.8 Å². The molecule has 0 aromatic carbocycles. The van der Waals surface area contributed by atoms with Crippen molar-refractivity contribution in [3.63, 3.8) is 0 Å². The third-order valence-corrected chi connectivity index (χ3v) is 5.23. The average molecular weight is 406 g/mol. The Morgan fingerprint density at radius 3 is 2.35 bits per heavy atom. The van der Waals surface area contributed by atoms with E-state index in [1.807, 2.05) is 27.7 Å². The molecular formula is C17H29Cl2N5O2. The summed E-state index contributed by atoms with van der Waals surface area (Å²) in [5.41, 5.74) is 8.30. The summed E-state index contributed by atoms with van der Waals surface area (Å²) in [7, 11) is 1.76. The highest BCUT2D eigenvalue weighted by Gasteiger charge is 2.33. The predicted molar refractivity (Wildman–Crippen MR) is 109 cm³/mol. The van der Waals surface area contributed by atoms with Crippen LogP contribution in [0.15, 0.2) is 4.79 Å². The fourth-order valence-electron chi connectivity index (χ4n) is 3.22. The second-order valence-corrected chi connectivity index (χ2v) is 6.37. The van der Waals surface area contributed by atoms with Crippen LogP contribution in [-0.2, 0) is 18.4 Å². The van der Waals surface area contributed by atoms with Crippen LogP contribution in [0.1, 0.15) is 43.5 Å². The molecule has 26 heavy (non-hydrogen) atoms. The van der Waals surface area contributed by atoms with Crippen molar-refractivity contribution >= 4 is 41.8 Å². The van der Waals surface area contributed by atoms with Crippen molar-refractivity contribution in [2.24, 2.45) is 18.2 Å². The molecular weight excluding hydrogens is 377 g/mol. The first-order chi connectivity index (χ1) is 11.3. The molecule has 2 heterocycles. The summed E-state index contributed by atoms with van der Waals surface area (Å²) in [5.74, 6) is -0.0455. The number of hydrogen-bond donors (Lipinski definition) is 3. The highest BCUT2D eigenvalue weighted by Crippen LogP contribution is 2.26. The number of H-pyrrole nitrogens is 1. The molecule has 0 unspecified atom stereocenters. The molecule has 148 valence electrons. The third kappa shape index (κ3) is 4.05. The average Bonchev–Trinajstić information content (AvgIpc) is 2.83. The summed E-state index contributed by atoms with van der Waals surface area (Å²) in [5, 5.41) is 6.28. The zero-order chi connectivity index (χ0) is 18.1. The normalized spacial score (nSPS) is 11.0. The Balaban J connectivity index is 0.00000312. The molecule has 0 saturated carbocycles. The lowest BCUT2D eigenvalue weighted by atomic mass is 9.81. The number of hydrogen-bond acceptors (Lipinski definition) is 4. The van der Waals surface area contributed by atoms with Crippen LogP contribution in [0.4, 0.5) is 0 Å². The Labute approximate surface area is 165 Å². The fraction of sp³-hybridized carbons (Fsp3) is 0.588. The van der Waals surface area contributed by atoms with Gasteiger partial charge in [0.2, 0.25) is 5.91 Å². The maximum Gasteiger partial charge on any atom is 0.273 e. The van der Waals surface area contributed by atoms with Crippen LogP contribution in [0.2, 0.25) is 0 Å². The lowest BCUT2D eigenvalue weighted by Crippen LogP contribution is -2.45. The van der Waals surface area contributed by atoms with E-state index in [1.54, 1.807) is 11.7 Å². The van der Waals surface area contributed by atoms with E-state index < -0.39 is 5.41 Å². The molecule has 0 bridgehead atoms. The minimum Gasteiger partial charge on any atom is -0.351 e. The first-order valence-corrected chi connectivity index (χ1v) is 8.34. The van der Waals surface area contributed by atoms with Crippen molar-refractivity contribution in [2.45, 2.75) is 47.1 Å². The van der Waals surface area contributed by atoms with Gasteiger partial charge in [0.1, 0.15) is 0 Å². The quantitative estimate of drug-likeness (QED) is 0.683. The van der Waals surface area contributed by atoms with Gasteiger partial charge in [-0.2, -0.15) is 0 Å². The summed E-state index contributed by atoms with van der Waals surface area (Å²) < 4.78 is 1.62. The molecule has 0 saturated heterocycles. The van der Waals surface area contributed by atoms with Crippen molar-refractivity contribution in [1.82, 2.24) is 20.1 Å². The third-order valence-electron chi connectivity index (χ3n) is 5.23. The van der Waals surface area contributed by atoms with E-state index >= 15 is 0 Å². The number of nitrogens with one attached hydrogen (secondary N) is 2. The Morgan fingerprint density at radius 1 is 1.27 bits per heavy atom. The number of nitrogens with two attached hydrogens (primary N) is 1. The summed E-state index contributed by atoms with van der Waals surface area (Å²) in [6.45, 7) is 8.40. The lowest BCUT2D eigenvalue weighted by molar-refractivity contribution is -0.131. The van der Waals surface area contributed by atoms with Gasteiger partial charge in [-0.25, -0.2) is 4.98 Å². The first kappa shape index (κ1) is 24.4.